The maximum absolute atomic E-state index is 11.4. The molecule has 0 amide bonds. The second kappa shape index (κ2) is 5.15. The monoisotopic (exact) mass is 220 g/mol. The van der Waals surface area contributed by atoms with Crippen LogP contribution in [-0.2, 0) is 10.2 Å². The van der Waals surface area contributed by atoms with Gasteiger partial charge in [0.1, 0.15) is 0 Å². The van der Waals surface area contributed by atoms with Crippen molar-refractivity contribution in [3.05, 3.63) is 35.9 Å². The normalized spacial score (nSPS) is 14.8. The molecule has 0 unspecified atom stereocenters. The third-order valence-corrected chi connectivity index (χ3v) is 3.10. The lowest BCUT2D eigenvalue weighted by molar-refractivity contribution is -0.143. The molecule has 0 fully saturated rings. The Bertz CT molecular complexity index is 343. The van der Waals surface area contributed by atoms with Crippen LogP contribution in [0, 0.1) is 5.92 Å². The number of carboxylic acids is 1. The summed E-state index contributed by atoms with van der Waals surface area (Å²) < 4.78 is 0. The number of aliphatic carboxylic acids is 1. The van der Waals surface area contributed by atoms with Crippen LogP contribution in [0.15, 0.2) is 30.3 Å². The van der Waals surface area contributed by atoms with Gasteiger partial charge in [-0.25, -0.2) is 0 Å². The molecule has 1 aromatic rings. The van der Waals surface area contributed by atoms with Crippen LogP contribution in [-0.4, -0.2) is 11.1 Å². The molecule has 1 N–H and O–H groups in total. The van der Waals surface area contributed by atoms with Gasteiger partial charge in [0.15, 0.2) is 0 Å². The van der Waals surface area contributed by atoms with Crippen molar-refractivity contribution in [2.75, 3.05) is 0 Å². The average Bonchev–Trinajstić information content (AvgIpc) is 2.26. The Morgan fingerprint density at radius 3 is 2.31 bits per heavy atom. The van der Waals surface area contributed by atoms with Crippen molar-refractivity contribution >= 4 is 5.97 Å². The molecule has 0 aliphatic carbocycles. The maximum atomic E-state index is 11.4. The number of hydrogen-bond acceptors (Lipinski definition) is 1. The number of hydrogen-bond donors (Lipinski definition) is 1. The average molecular weight is 220 g/mol. The highest BCUT2D eigenvalue weighted by Crippen LogP contribution is 2.30. The highest BCUT2D eigenvalue weighted by atomic mass is 16.4. The summed E-state index contributed by atoms with van der Waals surface area (Å²) in [4.78, 5) is 11.4. The highest BCUT2D eigenvalue weighted by Gasteiger charge is 2.34. The molecule has 0 heterocycles. The van der Waals surface area contributed by atoms with Crippen molar-refractivity contribution in [2.24, 2.45) is 5.92 Å². The molecule has 0 spiro atoms. The van der Waals surface area contributed by atoms with Gasteiger partial charge < -0.3 is 5.11 Å². The summed E-state index contributed by atoms with van der Waals surface area (Å²) in [5.74, 6) is -0.207. The van der Waals surface area contributed by atoms with Gasteiger partial charge in [-0.2, -0.15) is 0 Å². The van der Waals surface area contributed by atoms with Gasteiger partial charge in [0.25, 0.3) is 0 Å². The second-order valence-electron chi connectivity index (χ2n) is 4.94. The molecular formula is C14H20O2. The maximum Gasteiger partial charge on any atom is 0.313 e. The van der Waals surface area contributed by atoms with E-state index >= 15 is 0 Å². The fourth-order valence-electron chi connectivity index (χ4n) is 1.76. The molecule has 0 aromatic heterocycles. The largest absolute Gasteiger partial charge is 0.481 e. The quantitative estimate of drug-likeness (QED) is 0.825. The smallest absolute Gasteiger partial charge is 0.313 e. The molecule has 0 saturated carbocycles. The van der Waals surface area contributed by atoms with Gasteiger partial charge in [0.05, 0.1) is 5.41 Å². The zero-order chi connectivity index (χ0) is 12.2. The van der Waals surface area contributed by atoms with Crippen LogP contribution < -0.4 is 0 Å². The molecule has 0 aliphatic rings. The Labute approximate surface area is 97.3 Å². The summed E-state index contributed by atoms with van der Waals surface area (Å²) in [6.45, 7) is 6.05. The van der Waals surface area contributed by atoms with E-state index in [9.17, 15) is 9.90 Å². The Morgan fingerprint density at radius 1 is 1.31 bits per heavy atom. The fraction of sp³-hybridized carbons (Fsp3) is 0.500. The summed E-state index contributed by atoms with van der Waals surface area (Å²) in [5.41, 5.74) is 0.133. The summed E-state index contributed by atoms with van der Waals surface area (Å²) >= 11 is 0. The van der Waals surface area contributed by atoms with E-state index in [4.69, 9.17) is 0 Å². The summed E-state index contributed by atoms with van der Waals surface area (Å²) in [5, 5.41) is 9.40. The molecule has 1 rings (SSSR count). The standard InChI is InChI=1S/C14H20O2/c1-11(2)9-10-14(3,13(15)16)12-7-5-4-6-8-12/h4-8,11H,9-10H2,1-3H3,(H,15,16)/t14-/m0/s1. The summed E-state index contributed by atoms with van der Waals surface area (Å²) in [6, 6.07) is 9.49. The van der Waals surface area contributed by atoms with Gasteiger partial charge in [-0.3, -0.25) is 4.79 Å². The SMILES string of the molecule is CC(C)CC[C@](C)(C(=O)O)c1ccccc1. The van der Waals surface area contributed by atoms with E-state index in [1.807, 2.05) is 37.3 Å². The van der Waals surface area contributed by atoms with E-state index < -0.39 is 11.4 Å². The first-order chi connectivity index (χ1) is 7.47. The van der Waals surface area contributed by atoms with E-state index in [0.29, 0.717) is 12.3 Å². The molecule has 0 radical (unpaired) electrons. The van der Waals surface area contributed by atoms with Crippen molar-refractivity contribution in [1.29, 1.82) is 0 Å². The molecule has 0 saturated heterocycles. The highest BCUT2D eigenvalue weighted by molar-refractivity contribution is 5.80. The van der Waals surface area contributed by atoms with Crippen molar-refractivity contribution in [1.82, 2.24) is 0 Å². The fourth-order valence-corrected chi connectivity index (χ4v) is 1.76. The van der Waals surface area contributed by atoms with Gasteiger partial charge in [-0.15, -0.1) is 0 Å². The zero-order valence-corrected chi connectivity index (χ0v) is 10.2. The predicted octanol–water partition coefficient (Wildman–Crippen LogP) is 3.47. The predicted molar refractivity (Wildman–Crippen MR) is 65.5 cm³/mol. The van der Waals surface area contributed by atoms with Crippen molar-refractivity contribution in [2.45, 2.75) is 39.0 Å². The first-order valence-corrected chi connectivity index (χ1v) is 5.75. The van der Waals surface area contributed by atoms with Gasteiger partial charge >= 0.3 is 5.97 Å². The first kappa shape index (κ1) is 12.8. The minimum Gasteiger partial charge on any atom is -0.481 e. The third-order valence-electron chi connectivity index (χ3n) is 3.10. The Morgan fingerprint density at radius 2 is 1.88 bits per heavy atom. The van der Waals surface area contributed by atoms with Gasteiger partial charge in [-0.05, 0) is 31.2 Å². The van der Waals surface area contributed by atoms with Gasteiger partial charge in [0, 0.05) is 0 Å². The lowest BCUT2D eigenvalue weighted by Crippen LogP contribution is -2.32. The summed E-state index contributed by atoms with van der Waals surface area (Å²) in [6.07, 6.45) is 1.61. The molecule has 2 nitrogen and oxygen atoms in total. The van der Waals surface area contributed by atoms with Crippen LogP contribution in [0.4, 0.5) is 0 Å². The van der Waals surface area contributed by atoms with Crippen LogP contribution in [0.1, 0.15) is 39.2 Å². The lowest BCUT2D eigenvalue weighted by Gasteiger charge is -2.26. The van der Waals surface area contributed by atoms with E-state index in [1.54, 1.807) is 0 Å². The van der Waals surface area contributed by atoms with Crippen molar-refractivity contribution in [3.8, 4) is 0 Å². The first-order valence-electron chi connectivity index (χ1n) is 5.75. The number of benzene rings is 1. The minimum absolute atomic E-state index is 0.530. The van der Waals surface area contributed by atoms with Gasteiger partial charge in [0.2, 0.25) is 0 Å². The van der Waals surface area contributed by atoms with Crippen LogP contribution >= 0.6 is 0 Å². The molecule has 16 heavy (non-hydrogen) atoms. The van der Waals surface area contributed by atoms with Crippen LogP contribution in [0.25, 0.3) is 0 Å². The van der Waals surface area contributed by atoms with Crippen LogP contribution in [0.2, 0.25) is 0 Å². The van der Waals surface area contributed by atoms with E-state index in [1.165, 1.54) is 0 Å². The zero-order valence-electron chi connectivity index (χ0n) is 10.2. The van der Waals surface area contributed by atoms with E-state index in [-0.39, 0.29) is 0 Å². The Balaban J connectivity index is 2.93. The molecule has 2 heteroatoms. The molecule has 88 valence electrons. The van der Waals surface area contributed by atoms with Crippen LogP contribution in [0.5, 0.6) is 0 Å². The number of carboxylic acid groups (broad SMARTS) is 1. The van der Waals surface area contributed by atoms with E-state index in [2.05, 4.69) is 13.8 Å². The minimum atomic E-state index is -0.758. The van der Waals surface area contributed by atoms with E-state index in [0.717, 1.165) is 12.0 Å². The number of rotatable bonds is 5. The third kappa shape index (κ3) is 2.84. The Hall–Kier alpha value is -1.31. The molecule has 1 aromatic carbocycles. The van der Waals surface area contributed by atoms with Gasteiger partial charge in [-0.1, -0.05) is 44.2 Å². The molecule has 0 aliphatic heterocycles. The lowest BCUT2D eigenvalue weighted by atomic mass is 9.77. The number of carbonyl (C=O) groups is 1. The second-order valence-corrected chi connectivity index (χ2v) is 4.94. The van der Waals surface area contributed by atoms with Crippen molar-refractivity contribution < 1.29 is 9.90 Å². The Kier molecular flexibility index (Phi) is 4.11. The molecular weight excluding hydrogens is 200 g/mol. The van der Waals surface area contributed by atoms with Crippen LogP contribution in [0.3, 0.4) is 0 Å². The summed E-state index contributed by atoms with van der Waals surface area (Å²) in [7, 11) is 0. The molecule has 1 atom stereocenters. The topological polar surface area (TPSA) is 37.3 Å². The van der Waals surface area contributed by atoms with Crippen molar-refractivity contribution in [3.63, 3.8) is 0 Å². The molecule has 0 bridgehead atoms.